The van der Waals surface area contributed by atoms with Crippen LogP contribution in [0.15, 0.2) is 24.3 Å². The molecule has 0 radical (unpaired) electrons. The van der Waals surface area contributed by atoms with E-state index in [0.717, 1.165) is 24.2 Å². The third kappa shape index (κ3) is 4.24. The summed E-state index contributed by atoms with van der Waals surface area (Å²) in [5.41, 5.74) is 1.62. The Hall–Kier alpha value is -2.04. The highest BCUT2D eigenvalue weighted by molar-refractivity contribution is 6.07. The van der Waals surface area contributed by atoms with Gasteiger partial charge in [-0.2, -0.15) is 0 Å². The van der Waals surface area contributed by atoms with Gasteiger partial charge in [0.05, 0.1) is 17.5 Å². The summed E-state index contributed by atoms with van der Waals surface area (Å²) in [6.45, 7) is 7.93. The van der Waals surface area contributed by atoms with Gasteiger partial charge in [-0.25, -0.2) is 0 Å². The summed E-state index contributed by atoms with van der Waals surface area (Å²) in [6.07, 6.45) is 1.35. The molecule has 0 fully saturated rings. The maximum Gasteiger partial charge on any atom is 0.326 e. The first kappa shape index (κ1) is 17.3. The van der Waals surface area contributed by atoms with Crippen LogP contribution in [0.25, 0.3) is 0 Å². The van der Waals surface area contributed by atoms with Crippen molar-refractivity contribution < 1.29 is 14.3 Å². The second-order valence-electron chi connectivity index (χ2n) is 6.48. The highest BCUT2D eigenvalue weighted by Gasteiger charge is 2.34. The van der Waals surface area contributed by atoms with Crippen molar-refractivity contribution >= 4 is 23.3 Å². The number of rotatable bonds is 6. The number of carbonyl (C=O) groups excluding carboxylic acids is 2. The summed E-state index contributed by atoms with van der Waals surface area (Å²) >= 11 is 0. The zero-order valence-corrected chi connectivity index (χ0v) is 14.3. The average Bonchev–Trinajstić information content (AvgIpc) is 2.50. The van der Waals surface area contributed by atoms with Crippen molar-refractivity contribution in [3.05, 3.63) is 24.3 Å². The fourth-order valence-electron chi connectivity index (χ4n) is 2.66. The smallest absolute Gasteiger partial charge is 0.326 e. The molecule has 0 aliphatic carbocycles. The molecule has 0 bridgehead atoms. The van der Waals surface area contributed by atoms with E-state index in [1.165, 1.54) is 0 Å². The largest absolute Gasteiger partial charge is 0.461 e. The molecule has 2 atom stereocenters. The normalized spacial score (nSPS) is 18.4. The van der Waals surface area contributed by atoms with E-state index in [1.807, 2.05) is 38.1 Å². The Morgan fingerprint density at radius 2 is 2.00 bits per heavy atom. The first-order valence-corrected chi connectivity index (χ1v) is 8.28. The summed E-state index contributed by atoms with van der Waals surface area (Å²) in [5, 5.41) is 3.29. The molecule has 0 aromatic heterocycles. The number of nitrogens with one attached hydrogen (secondary N) is 1. The third-order valence-electron chi connectivity index (χ3n) is 3.99. The number of amides is 1. The number of nitrogens with zero attached hydrogens (tertiary/aromatic N) is 1. The lowest BCUT2D eigenvalue weighted by molar-refractivity contribution is -0.147. The monoisotopic (exact) mass is 318 g/mol. The Morgan fingerprint density at radius 1 is 1.30 bits per heavy atom. The van der Waals surface area contributed by atoms with Crippen molar-refractivity contribution in [1.82, 2.24) is 0 Å². The van der Waals surface area contributed by atoms with Gasteiger partial charge in [0, 0.05) is 0 Å². The molecule has 1 amide bonds. The van der Waals surface area contributed by atoms with E-state index in [1.54, 1.807) is 4.90 Å². The number of benzene rings is 1. The molecular formula is C18H26N2O3. The Bertz CT molecular complexity index is 571. The Kier molecular flexibility index (Phi) is 5.64. The van der Waals surface area contributed by atoms with Crippen molar-refractivity contribution in [1.29, 1.82) is 0 Å². The second kappa shape index (κ2) is 7.49. The fraction of sp³-hybridized carbons (Fsp3) is 0.556. The van der Waals surface area contributed by atoms with Gasteiger partial charge in [-0.1, -0.05) is 32.9 Å². The van der Waals surface area contributed by atoms with Crippen LogP contribution in [0.1, 0.15) is 40.5 Å². The van der Waals surface area contributed by atoms with Gasteiger partial charge < -0.3 is 10.1 Å². The van der Waals surface area contributed by atoms with Crippen LogP contribution in [0.4, 0.5) is 11.4 Å². The summed E-state index contributed by atoms with van der Waals surface area (Å²) in [5.74, 6) is -0.0539. The molecule has 5 nitrogen and oxygen atoms in total. The summed E-state index contributed by atoms with van der Waals surface area (Å²) in [4.78, 5) is 26.4. The van der Waals surface area contributed by atoms with Crippen molar-refractivity contribution in [2.75, 3.05) is 16.8 Å². The minimum absolute atomic E-state index is 0.0452. The molecule has 1 heterocycles. The molecule has 1 aromatic rings. The lowest BCUT2D eigenvalue weighted by atomic mass is 9.99. The van der Waals surface area contributed by atoms with Crippen molar-refractivity contribution in [2.24, 2.45) is 5.92 Å². The van der Waals surface area contributed by atoms with Crippen LogP contribution >= 0.6 is 0 Å². The minimum atomic E-state index is -0.368. The molecule has 0 saturated heterocycles. The van der Waals surface area contributed by atoms with Crippen LogP contribution in [-0.2, 0) is 14.3 Å². The van der Waals surface area contributed by atoms with Gasteiger partial charge in [0.25, 0.3) is 0 Å². The highest BCUT2D eigenvalue weighted by Crippen LogP contribution is 2.32. The van der Waals surface area contributed by atoms with Crippen LogP contribution in [-0.4, -0.2) is 30.6 Å². The van der Waals surface area contributed by atoms with E-state index < -0.39 is 0 Å². The molecule has 2 unspecified atom stereocenters. The van der Waals surface area contributed by atoms with Gasteiger partial charge in [-0.05, 0) is 37.8 Å². The average molecular weight is 318 g/mol. The quantitative estimate of drug-likeness (QED) is 0.818. The molecule has 2 rings (SSSR count). The van der Waals surface area contributed by atoms with E-state index in [4.69, 9.17) is 4.74 Å². The zero-order chi connectivity index (χ0) is 17.0. The first-order chi connectivity index (χ1) is 10.9. The maximum atomic E-state index is 12.8. The predicted molar refractivity (Wildman–Crippen MR) is 91.5 cm³/mol. The van der Waals surface area contributed by atoms with Gasteiger partial charge in [-0.15, -0.1) is 0 Å². The van der Waals surface area contributed by atoms with E-state index in [-0.39, 0.29) is 30.6 Å². The van der Waals surface area contributed by atoms with E-state index in [0.29, 0.717) is 5.92 Å². The minimum Gasteiger partial charge on any atom is -0.461 e. The van der Waals surface area contributed by atoms with E-state index in [9.17, 15) is 9.59 Å². The number of ether oxygens (including phenoxy) is 1. The molecule has 1 aromatic carbocycles. The molecule has 0 spiro atoms. The van der Waals surface area contributed by atoms with Crippen molar-refractivity contribution in [3.63, 3.8) is 0 Å². The second-order valence-corrected chi connectivity index (χ2v) is 6.48. The molecule has 1 aliphatic heterocycles. The van der Waals surface area contributed by atoms with Gasteiger partial charge >= 0.3 is 5.97 Å². The first-order valence-electron chi connectivity index (χ1n) is 8.28. The van der Waals surface area contributed by atoms with Crippen molar-refractivity contribution in [3.8, 4) is 0 Å². The number of para-hydroxylation sites is 2. The van der Waals surface area contributed by atoms with Gasteiger partial charge in [0.2, 0.25) is 5.91 Å². The standard InChI is InChI=1S/C18H26N2O3/c1-5-13(4)23-17(21)11-20-16-9-7-6-8-14(16)19-15(18(20)22)10-12(2)3/h6-9,12-13,15,19H,5,10-11H2,1-4H3. The number of fused-ring (bicyclic) bond motifs is 1. The summed E-state index contributed by atoms with van der Waals surface area (Å²) in [6, 6.07) is 7.26. The van der Waals surface area contributed by atoms with Crippen LogP contribution in [0.2, 0.25) is 0 Å². The number of hydrogen-bond donors (Lipinski definition) is 1. The lowest BCUT2D eigenvalue weighted by Gasteiger charge is -2.35. The molecule has 23 heavy (non-hydrogen) atoms. The Labute approximate surface area is 138 Å². The number of anilines is 2. The summed E-state index contributed by atoms with van der Waals surface area (Å²) in [7, 11) is 0. The van der Waals surface area contributed by atoms with Gasteiger partial charge in [-0.3, -0.25) is 14.5 Å². The van der Waals surface area contributed by atoms with Crippen LogP contribution in [0.3, 0.4) is 0 Å². The molecule has 126 valence electrons. The number of hydrogen-bond acceptors (Lipinski definition) is 4. The Morgan fingerprint density at radius 3 is 2.65 bits per heavy atom. The topological polar surface area (TPSA) is 58.6 Å². The van der Waals surface area contributed by atoms with Crippen LogP contribution in [0.5, 0.6) is 0 Å². The highest BCUT2D eigenvalue weighted by atomic mass is 16.5. The van der Waals surface area contributed by atoms with Gasteiger partial charge in [0.15, 0.2) is 0 Å². The van der Waals surface area contributed by atoms with Crippen LogP contribution in [0, 0.1) is 5.92 Å². The molecule has 5 heteroatoms. The van der Waals surface area contributed by atoms with Gasteiger partial charge in [0.1, 0.15) is 12.6 Å². The zero-order valence-electron chi connectivity index (χ0n) is 14.3. The molecule has 1 aliphatic rings. The molecule has 1 N–H and O–H groups in total. The summed E-state index contributed by atoms with van der Waals surface area (Å²) < 4.78 is 5.33. The van der Waals surface area contributed by atoms with E-state index in [2.05, 4.69) is 19.2 Å². The number of carbonyl (C=O) groups is 2. The van der Waals surface area contributed by atoms with E-state index >= 15 is 0 Å². The number of esters is 1. The maximum absolute atomic E-state index is 12.8. The molecular weight excluding hydrogens is 292 g/mol. The third-order valence-corrected chi connectivity index (χ3v) is 3.99. The lowest BCUT2D eigenvalue weighted by Crippen LogP contribution is -2.50. The van der Waals surface area contributed by atoms with Crippen LogP contribution < -0.4 is 10.2 Å². The molecule has 0 saturated carbocycles. The fourth-order valence-corrected chi connectivity index (χ4v) is 2.66. The van der Waals surface area contributed by atoms with Crippen molar-refractivity contribution in [2.45, 2.75) is 52.7 Å². The Balaban J connectivity index is 2.21. The SMILES string of the molecule is CCC(C)OC(=O)CN1C(=O)C(CC(C)C)Nc2ccccc21. The predicted octanol–water partition coefficient (Wildman–Crippen LogP) is 3.20.